The van der Waals surface area contributed by atoms with Crippen LogP contribution in [0.5, 0.6) is 0 Å². The van der Waals surface area contributed by atoms with Crippen LogP contribution in [0.25, 0.3) is 0 Å². The number of ether oxygens (including phenoxy) is 1. The van der Waals surface area contributed by atoms with E-state index in [1.807, 2.05) is 4.90 Å². The molecule has 1 saturated heterocycles. The van der Waals surface area contributed by atoms with Crippen molar-refractivity contribution in [2.75, 3.05) is 25.5 Å². The highest BCUT2D eigenvalue weighted by Gasteiger charge is 2.33. The molecule has 1 aliphatic carbocycles. The number of furan rings is 1. The van der Waals surface area contributed by atoms with Crippen molar-refractivity contribution in [1.82, 2.24) is 10.2 Å². The number of amides is 2. The predicted octanol–water partition coefficient (Wildman–Crippen LogP) is 2.97. The Morgan fingerprint density at radius 2 is 2.16 bits per heavy atom. The fourth-order valence-electron chi connectivity index (χ4n) is 4.52. The Balaban J connectivity index is 1.40. The number of nitrogens with zero attached hydrogens (tertiary/aromatic N) is 1. The van der Waals surface area contributed by atoms with Crippen molar-refractivity contribution in [3.05, 3.63) is 40.2 Å². The molecule has 2 atom stereocenters. The van der Waals surface area contributed by atoms with Gasteiger partial charge in [-0.2, -0.15) is 0 Å². The fraction of sp³-hybridized carbons (Fsp3) is 0.522. The fourth-order valence-corrected chi connectivity index (χ4v) is 5.94. The van der Waals surface area contributed by atoms with Gasteiger partial charge in [0.25, 0.3) is 0 Å². The molecule has 2 aliphatic rings. The lowest BCUT2D eigenvalue weighted by molar-refractivity contribution is -0.126. The van der Waals surface area contributed by atoms with E-state index in [2.05, 4.69) is 17.6 Å². The second-order valence-corrected chi connectivity index (χ2v) is 9.63. The van der Waals surface area contributed by atoms with E-state index < -0.39 is 5.97 Å². The van der Waals surface area contributed by atoms with Gasteiger partial charge >= 0.3 is 5.97 Å². The summed E-state index contributed by atoms with van der Waals surface area (Å²) in [6, 6.07) is 3.23. The zero-order valence-electron chi connectivity index (χ0n) is 18.4. The number of nitrogens with one attached hydrogen (secondary N) is 2. The lowest BCUT2D eigenvalue weighted by Gasteiger charge is -2.22. The first kappa shape index (κ1) is 22.5. The molecule has 0 bridgehead atoms. The summed E-state index contributed by atoms with van der Waals surface area (Å²) in [5.41, 5.74) is 1.49. The molecule has 8 nitrogen and oxygen atoms in total. The maximum atomic E-state index is 12.9. The number of carbonyl (C=O) groups is 3. The molecular weight excluding hydrogens is 430 g/mol. The van der Waals surface area contributed by atoms with E-state index in [1.54, 1.807) is 18.4 Å². The minimum Gasteiger partial charge on any atom is -0.467 e. The molecular formula is C23H29N3O5S. The van der Waals surface area contributed by atoms with Crippen LogP contribution >= 0.6 is 11.3 Å². The summed E-state index contributed by atoms with van der Waals surface area (Å²) in [4.78, 5) is 41.0. The van der Waals surface area contributed by atoms with Crippen LogP contribution in [0.3, 0.4) is 0 Å². The van der Waals surface area contributed by atoms with Crippen molar-refractivity contribution >= 4 is 34.1 Å². The van der Waals surface area contributed by atoms with Crippen molar-refractivity contribution in [1.29, 1.82) is 0 Å². The first-order valence-electron chi connectivity index (χ1n) is 11.0. The zero-order valence-corrected chi connectivity index (χ0v) is 19.3. The van der Waals surface area contributed by atoms with Gasteiger partial charge in [0.1, 0.15) is 10.8 Å². The Labute approximate surface area is 191 Å². The Morgan fingerprint density at radius 1 is 1.31 bits per heavy atom. The van der Waals surface area contributed by atoms with Crippen molar-refractivity contribution in [3.8, 4) is 0 Å². The molecule has 0 saturated carbocycles. The number of esters is 1. The molecule has 2 amide bonds. The van der Waals surface area contributed by atoms with Gasteiger partial charge in [-0.25, -0.2) is 4.79 Å². The Morgan fingerprint density at radius 3 is 2.91 bits per heavy atom. The summed E-state index contributed by atoms with van der Waals surface area (Å²) in [7, 11) is 1.36. The van der Waals surface area contributed by atoms with E-state index in [-0.39, 0.29) is 24.4 Å². The van der Waals surface area contributed by atoms with E-state index in [0.29, 0.717) is 41.8 Å². The summed E-state index contributed by atoms with van der Waals surface area (Å²) < 4.78 is 10.3. The molecule has 172 valence electrons. The van der Waals surface area contributed by atoms with Crippen LogP contribution in [0, 0.1) is 5.92 Å². The summed E-state index contributed by atoms with van der Waals surface area (Å²) in [6.07, 6.45) is 5.87. The summed E-state index contributed by atoms with van der Waals surface area (Å²) in [6.45, 7) is 3.29. The average molecular weight is 460 g/mol. The highest BCUT2D eigenvalue weighted by Crippen LogP contribution is 2.40. The normalized spacial score (nSPS) is 20.6. The monoisotopic (exact) mass is 459 g/mol. The molecule has 3 heterocycles. The number of hydrogen-bond donors (Lipinski definition) is 2. The third kappa shape index (κ3) is 4.88. The molecule has 2 aromatic rings. The maximum absolute atomic E-state index is 12.9. The smallest absolute Gasteiger partial charge is 0.341 e. The number of anilines is 1. The van der Waals surface area contributed by atoms with Gasteiger partial charge in [0.2, 0.25) is 11.8 Å². The Kier molecular flexibility index (Phi) is 6.95. The van der Waals surface area contributed by atoms with E-state index in [0.717, 1.165) is 36.1 Å². The minimum absolute atomic E-state index is 0.0957. The van der Waals surface area contributed by atoms with Crippen LogP contribution in [-0.2, 0) is 33.7 Å². The van der Waals surface area contributed by atoms with Crippen molar-refractivity contribution in [2.45, 2.75) is 51.6 Å². The van der Waals surface area contributed by atoms with E-state index in [4.69, 9.17) is 9.15 Å². The number of methoxy groups -OCH3 is 1. The highest BCUT2D eigenvalue weighted by molar-refractivity contribution is 7.17. The van der Waals surface area contributed by atoms with Crippen LogP contribution in [0.2, 0.25) is 0 Å². The molecule has 0 aromatic carbocycles. The molecule has 2 N–H and O–H groups in total. The largest absolute Gasteiger partial charge is 0.467 e. The molecule has 32 heavy (non-hydrogen) atoms. The lowest BCUT2D eigenvalue weighted by Crippen LogP contribution is -2.45. The van der Waals surface area contributed by atoms with Crippen molar-refractivity contribution < 1.29 is 23.5 Å². The van der Waals surface area contributed by atoms with Gasteiger partial charge in [0.05, 0.1) is 38.1 Å². The average Bonchev–Trinajstić information content (AvgIpc) is 3.51. The van der Waals surface area contributed by atoms with E-state index >= 15 is 0 Å². The summed E-state index contributed by atoms with van der Waals surface area (Å²) in [5, 5.41) is 6.37. The van der Waals surface area contributed by atoms with Crippen molar-refractivity contribution in [3.63, 3.8) is 0 Å². The molecule has 0 unspecified atom stereocenters. The maximum Gasteiger partial charge on any atom is 0.341 e. The quantitative estimate of drug-likeness (QED) is 0.618. The number of carbonyl (C=O) groups excluding carboxylic acids is 3. The predicted molar refractivity (Wildman–Crippen MR) is 121 cm³/mol. The standard InChI is InChI=1S/C23H29N3O5S/c1-14-7-8-16-18(11-14)32-22(20(16)23(29)30-2)25-19(27)13-26-9-3-6-17(26)21(28)24-12-15-5-4-10-31-15/h4-5,10,14,17H,3,6-9,11-13H2,1-2H3,(H,24,28)(H,25,27)/t14-,17+/m0/s1. The number of likely N-dealkylation sites (tertiary alicyclic amines) is 1. The van der Waals surface area contributed by atoms with Crippen LogP contribution in [-0.4, -0.2) is 48.9 Å². The van der Waals surface area contributed by atoms with Crippen LogP contribution in [0.15, 0.2) is 22.8 Å². The van der Waals surface area contributed by atoms with Gasteiger partial charge in [0.15, 0.2) is 0 Å². The van der Waals surface area contributed by atoms with Crippen molar-refractivity contribution in [2.24, 2.45) is 5.92 Å². The van der Waals surface area contributed by atoms with Gasteiger partial charge in [-0.3, -0.25) is 14.5 Å². The van der Waals surface area contributed by atoms with E-state index in [1.165, 1.54) is 18.4 Å². The highest BCUT2D eigenvalue weighted by atomic mass is 32.1. The van der Waals surface area contributed by atoms with Crippen LogP contribution in [0.4, 0.5) is 5.00 Å². The van der Waals surface area contributed by atoms with Gasteiger partial charge in [-0.15, -0.1) is 11.3 Å². The van der Waals surface area contributed by atoms with Gasteiger partial charge in [-0.1, -0.05) is 6.92 Å². The molecule has 1 aliphatic heterocycles. The van der Waals surface area contributed by atoms with E-state index in [9.17, 15) is 14.4 Å². The second-order valence-electron chi connectivity index (χ2n) is 8.52. The molecule has 4 rings (SSSR count). The SMILES string of the molecule is COC(=O)c1c(NC(=O)CN2CCC[C@@H]2C(=O)NCc2ccco2)sc2c1CC[C@H](C)C2. The molecule has 0 radical (unpaired) electrons. The number of fused-ring (bicyclic) bond motifs is 1. The van der Waals surface area contributed by atoms with Crippen LogP contribution in [0.1, 0.15) is 52.7 Å². The minimum atomic E-state index is -0.413. The number of hydrogen-bond acceptors (Lipinski definition) is 7. The molecule has 1 fully saturated rings. The second kappa shape index (κ2) is 9.87. The topological polar surface area (TPSA) is 101 Å². The first-order chi connectivity index (χ1) is 15.5. The number of rotatable bonds is 7. The van der Waals surface area contributed by atoms with Crippen LogP contribution < -0.4 is 10.6 Å². The van der Waals surface area contributed by atoms with Gasteiger partial charge in [-0.05, 0) is 62.3 Å². The van der Waals surface area contributed by atoms with Gasteiger partial charge < -0.3 is 19.8 Å². The number of thiophene rings is 1. The molecule has 9 heteroatoms. The summed E-state index contributed by atoms with van der Waals surface area (Å²) >= 11 is 1.47. The third-order valence-corrected chi connectivity index (χ3v) is 7.35. The first-order valence-corrected chi connectivity index (χ1v) is 11.8. The third-order valence-electron chi connectivity index (χ3n) is 6.18. The van der Waals surface area contributed by atoms with Gasteiger partial charge in [0, 0.05) is 4.88 Å². The Hall–Kier alpha value is -2.65. The lowest BCUT2D eigenvalue weighted by atomic mass is 9.88. The zero-order chi connectivity index (χ0) is 22.7. The molecule has 2 aromatic heterocycles. The molecule has 0 spiro atoms. The summed E-state index contributed by atoms with van der Waals surface area (Å²) in [5.74, 6) is 0.492. The Bertz CT molecular complexity index is 984.